The van der Waals surface area contributed by atoms with Gasteiger partial charge in [0.15, 0.2) is 0 Å². The number of hydrogen-bond acceptors (Lipinski definition) is 5. The molecule has 0 spiro atoms. The molecule has 1 aliphatic rings. The Morgan fingerprint density at radius 3 is 2.90 bits per heavy atom. The maximum absolute atomic E-state index is 14.1. The molecule has 6 nitrogen and oxygen atoms in total. The molecule has 1 saturated heterocycles. The summed E-state index contributed by atoms with van der Waals surface area (Å²) in [4.78, 5) is 12.0. The van der Waals surface area contributed by atoms with Gasteiger partial charge in [0.1, 0.15) is 0 Å². The fraction of sp³-hybridized carbons (Fsp3) is 0.571. The molecule has 1 aromatic rings. The van der Waals surface area contributed by atoms with Crippen LogP contribution < -0.4 is 0 Å². The van der Waals surface area contributed by atoms with Crippen molar-refractivity contribution in [1.82, 2.24) is 4.90 Å². The van der Waals surface area contributed by atoms with Gasteiger partial charge in [-0.15, -0.1) is 0 Å². The normalized spacial score (nSPS) is 22.2. The molecule has 21 heavy (non-hydrogen) atoms. The summed E-state index contributed by atoms with van der Waals surface area (Å²) in [6, 6.07) is 4.17. The summed E-state index contributed by atoms with van der Waals surface area (Å²) >= 11 is 0. The molecule has 1 atom stereocenters. The zero-order valence-electron chi connectivity index (χ0n) is 12.1. The van der Waals surface area contributed by atoms with E-state index in [1.165, 1.54) is 6.07 Å². The zero-order valence-corrected chi connectivity index (χ0v) is 12.1. The van der Waals surface area contributed by atoms with E-state index in [2.05, 4.69) is 0 Å². The fourth-order valence-corrected chi connectivity index (χ4v) is 2.70. The molecule has 1 N–H and O–H groups in total. The molecular weight excluding hydrogens is 279 g/mol. The molecule has 0 saturated carbocycles. The number of halogens is 1. The average Bonchev–Trinajstić information content (AvgIpc) is 2.39. The number of nitrogens with zero attached hydrogens (tertiary/aromatic N) is 2. The van der Waals surface area contributed by atoms with Crippen molar-refractivity contribution in [1.29, 1.82) is 0 Å². The number of nitro groups is 1. The van der Waals surface area contributed by atoms with Gasteiger partial charge in [0.05, 0.1) is 23.2 Å². The van der Waals surface area contributed by atoms with E-state index in [-0.39, 0.29) is 24.8 Å². The SMILES string of the molecule is CC1(C)CN(Cc2cccc([N+](=O)[O-])c2F)CC(CO)O1. The number of nitro benzene ring substituents is 1. The van der Waals surface area contributed by atoms with Crippen molar-refractivity contribution < 1.29 is 19.2 Å². The highest BCUT2D eigenvalue weighted by molar-refractivity contribution is 5.36. The van der Waals surface area contributed by atoms with Crippen LogP contribution in [0.5, 0.6) is 0 Å². The molecule has 1 fully saturated rings. The summed E-state index contributed by atoms with van der Waals surface area (Å²) in [5, 5.41) is 20.0. The minimum Gasteiger partial charge on any atom is -0.394 e. The van der Waals surface area contributed by atoms with Crippen molar-refractivity contribution in [3.63, 3.8) is 0 Å². The topological polar surface area (TPSA) is 75.8 Å². The van der Waals surface area contributed by atoms with Gasteiger partial charge in [-0.05, 0) is 13.8 Å². The van der Waals surface area contributed by atoms with Crippen molar-refractivity contribution in [2.45, 2.75) is 32.1 Å². The third-order valence-electron chi connectivity index (χ3n) is 3.40. The smallest absolute Gasteiger partial charge is 0.305 e. The number of ether oxygens (including phenoxy) is 1. The molecule has 7 heteroatoms. The minimum atomic E-state index is -0.799. The van der Waals surface area contributed by atoms with E-state index in [1.807, 2.05) is 18.7 Å². The lowest BCUT2D eigenvalue weighted by Crippen LogP contribution is -2.53. The molecule has 0 bridgehead atoms. The molecule has 0 amide bonds. The van der Waals surface area contributed by atoms with E-state index in [0.29, 0.717) is 13.1 Å². The second kappa shape index (κ2) is 6.05. The first-order valence-corrected chi connectivity index (χ1v) is 6.75. The van der Waals surface area contributed by atoms with Crippen LogP contribution >= 0.6 is 0 Å². The van der Waals surface area contributed by atoms with Gasteiger partial charge in [-0.3, -0.25) is 15.0 Å². The van der Waals surface area contributed by atoms with Crippen molar-refractivity contribution in [3.8, 4) is 0 Å². The molecule has 1 unspecified atom stereocenters. The van der Waals surface area contributed by atoms with E-state index >= 15 is 0 Å². The third kappa shape index (κ3) is 3.75. The van der Waals surface area contributed by atoms with E-state index in [4.69, 9.17) is 4.74 Å². The molecule has 0 aliphatic carbocycles. The predicted octanol–water partition coefficient (Wildman–Crippen LogP) is 1.71. The first-order chi connectivity index (χ1) is 9.82. The van der Waals surface area contributed by atoms with Gasteiger partial charge in [-0.1, -0.05) is 12.1 Å². The molecule has 116 valence electrons. The minimum absolute atomic E-state index is 0.114. The van der Waals surface area contributed by atoms with Crippen LogP contribution in [-0.2, 0) is 11.3 Å². The van der Waals surface area contributed by atoms with Crippen LogP contribution in [-0.4, -0.2) is 46.3 Å². The Morgan fingerprint density at radius 2 is 2.29 bits per heavy atom. The van der Waals surface area contributed by atoms with Crippen molar-refractivity contribution >= 4 is 5.69 Å². The van der Waals surface area contributed by atoms with Crippen LogP contribution in [0, 0.1) is 15.9 Å². The van der Waals surface area contributed by atoms with Crippen LogP contribution in [0.25, 0.3) is 0 Å². The van der Waals surface area contributed by atoms with Crippen molar-refractivity contribution in [2.24, 2.45) is 0 Å². The number of rotatable bonds is 4. The summed E-state index contributed by atoms with van der Waals surface area (Å²) in [6.45, 7) is 4.94. The van der Waals surface area contributed by atoms with Gasteiger partial charge < -0.3 is 9.84 Å². The molecule has 1 heterocycles. The Kier molecular flexibility index (Phi) is 4.55. The monoisotopic (exact) mass is 298 g/mol. The number of aliphatic hydroxyl groups excluding tert-OH is 1. The van der Waals surface area contributed by atoms with Gasteiger partial charge in [-0.2, -0.15) is 4.39 Å². The van der Waals surface area contributed by atoms with E-state index in [1.54, 1.807) is 6.07 Å². The lowest BCUT2D eigenvalue weighted by Gasteiger charge is -2.42. The summed E-state index contributed by atoms with van der Waals surface area (Å²) in [5.74, 6) is -0.799. The fourth-order valence-electron chi connectivity index (χ4n) is 2.70. The van der Waals surface area contributed by atoms with E-state index in [9.17, 15) is 19.6 Å². The zero-order chi connectivity index (χ0) is 15.6. The summed E-state index contributed by atoms with van der Waals surface area (Å²) in [6.07, 6.45) is -0.337. The van der Waals surface area contributed by atoms with Crippen LogP contribution in [0.2, 0.25) is 0 Å². The number of benzene rings is 1. The average molecular weight is 298 g/mol. The Hall–Kier alpha value is -1.57. The quantitative estimate of drug-likeness (QED) is 0.676. The highest BCUT2D eigenvalue weighted by Gasteiger charge is 2.33. The van der Waals surface area contributed by atoms with Crippen LogP contribution in [0.1, 0.15) is 19.4 Å². The number of hydrogen-bond donors (Lipinski definition) is 1. The van der Waals surface area contributed by atoms with Crippen molar-refractivity contribution in [2.75, 3.05) is 19.7 Å². The standard InChI is InChI=1S/C14H19FN2O4/c1-14(2)9-16(7-11(8-18)21-14)6-10-4-3-5-12(13(10)15)17(19)20/h3-5,11,18H,6-9H2,1-2H3. The second-order valence-corrected chi connectivity index (χ2v) is 5.86. The van der Waals surface area contributed by atoms with Gasteiger partial charge in [-0.25, -0.2) is 0 Å². The lowest BCUT2D eigenvalue weighted by molar-refractivity contribution is -0.387. The molecular formula is C14H19FN2O4. The molecule has 1 aliphatic heterocycles. The maximum Gasteiger partial charge on any atom is 0.305 e. The van der Waals surface area contributed by atoms with Gasteiger partial charge in [0.25, 0.3) is 0 Å². The molecule has 0 radical (unpaired) electrons. The molecule has 0 aromatic heterocycles. The Bertz CT molecular complexity index is 536. The number of aliphatic hydroxyl groups is 1. The van der Waals surface area contributed by atoms with Gasteiger partial charge in [0.2, 0.25) is 5.82 Å². The Labute approximate surface area is 122 Å². The number of morpholine rings is 1. The highest BCUT2D eigenvalue weighted by Crippen LogP contribution is 2.25. The predicted molar refractivity (Wildman–Crippen MR) is 74.4 cm³/mol. The third-order valence-corrected chi connectivity index (χ3v) is 3.40. The first kappa shape index (κ1) is 15.8. The lowest BCUT2D eigenvalue weighted by atomic mass is 10.0. The summed E-state index contributed by atoms with van der Waals surface area (Å²) in [7, 11) is 0. The second-order valence-electron chi connectivity index (χ2n) is 5.86. The van der Waals surface area contributed by atoms with Crippen LogP contribution in [0.4, 0.5) is 10.1 Å². The highest BCUT2D eigenvalue weighted by atomic mass is 19.1. The summed E-state index contributed by atoms with van der Waals surface area (Å²) in [5.41, 5.74) is -0.694. The first-order valence-electron chi connectivity index (χ1n) is 6.75. The molecule has 1 aromatic carbocycles. The maximum atomic E-state index is 14.1. The van der Waals surface area contributed by atoms with Crippen LogP contribution in [0.3, 0.4) is 0 Å². The van der Waals surface area contributed by atoms with Gasteiger partial charge in [0, 0.05) is 31.3 Å². The van der Waals surface area contributed by atoms with E-state index < -0.39 is 22.0 Å². The Balaban J connectivity index is 2.18. The van der Waals surface area contributed by atoms with E-state index in [0.717, 1.165) is 6.07 Å². The van der Waals surface area contributed by atoms with Gasteiger partial charge >= 0.3 is 5.69 Å². The Morgan fingerprint density at radius 1 is 1.57 bits per heavy atom. The van der Waals surface area contributed by atoms with Crippen molar-refractivity contribution in [3.05, 3.63) is 39.7 Å². The summed E-state index contributed by atoms with van der Waals surface area (Å²) < 4.78 is 19.8. The molecule has 2 rings (SSSR count). The van der Waals surface area contributed by atoms with Crippen LogP contribution in [0.15, 0.2) is 18.2 Å². The largest absolute Gasteiger partial charge is 0.394 e.